The Morgan fingerprint density at radius 2 is 2.12 bits per heavy atom. The summed E-state index contributed by atoms with van der Waals surface area (Å²) in [5, 5.41) is 2.88. The molecule has 0 bridgehead atoms. The Bertz CT molecular complexity index is 1020. The number of aryl methyl sites for hydroxylation is 1. The maximum absolute atomic E-state index is 12.8. The quantitative estimate of drug-likeness (QED) is 0.628. The highest BCUT2D eigenvalue weighted by Gasteiger charge is 2.39. The summed E-state index contributed by atoms with van der Waals surface area (Å²) in [6.45, 7) is 1.77. The fourth-order valence-corrected chi connectivity index (χ4v) is 3.81. The molecule has 0 saturated heterocycles. The summed E-state index contributed by atoms with van der Waals surface area (Å²) in [5.41, 5.74) is 3.64. The van der Waals surface area contributed by atoms with Crippen molar-refractivity contribution in [3.63, 3.8) is 0 Å². The van der Waals surface area contributed by atoms with E-state index < -0.39 is 11.9 Å². The molecule has 1 amide bonds. The van der Waals surface area contributed by atoms with Gasteiger partial charge in [-0.2, -0.15) is 0 Å². The summed E-state index contributed by atoms with van der Waals surface area (Å²) in [6.07, 6.45) is 1.55. The van der Waals surface area contributed by atoms with Crippen LogP contribution in [0.1, 0.15) is 33.1 Å². The summed E-state index contributed by atoms with van der Waals surface area (Å²) in [4.78, 5) is 28.5. The molecule has 132 valence electrons. The number of aromatic amines is 1. The molecule has 1 aliphatic heterocycles. The lowest BCUT2D eigenvalue weighted by Gasteiger charge is -2.12. The maximum Gasteiger partial charge on any atom is 0.340 e. The van der Waals surface area contributed by atoms with E-state index in [0.29, 0.717) is 28.3 Å². The van der Waals surface area contributed by atoms with Gasteiger partial charge >= 0.3 is 5.97 Å². The van der Waals surface area contributed by atoms with E-state index in [4.69, 9.17) is 9.15 Å². The van der Waals surface area contributed by atoms with Crippen molar-refractivity contribution in [1.29, 1.82) is 0 Å². The topological polar surface area (TPSA) is 84.3 Å². The second-order valence-corrected chi connectivity index (χ2v) is 6.95. The zero-order valence-corrected chi connectivity index (χ0v) is 15.6. The van der Waals surface area contributed by atoms with Gasteiger partial charge in [0.2, 0.25) is 5.91 Å². The number of anilines is 1. The number of aromatic nitrogens is 1. The van der Waals surface area contributed by atoms with E-state index in [9.17, 15) is 9.59 Å². The second-order valence-electron chi connectivity index (χ2n) is 6.04. The van der Waals surface area contributed by atoms with Crippen LogP contribution in [0.15, 0.2) is 45.5 Å². The standard InChI is InChI=1S/C19H15BrN2O4/c1-9-14(19(24)25-2)16(17(21-9)13-4-3-7-26-13)15-11-8-10(20)5-6-12(11)22-18(15)23/h3-8,15,21H,1-2H3,(H,22,23)/t15-/m1/s1. The predicted octanol–water partition coefficient (Wildman–Crippen LogP) is 4.22. The van der Waals surface area contributed by atoms with Crippen LogP contribution in [0.4, 0.5) is 5.69 Å². The van der Waals surface area contributed by atoms with Crippen molar-refractivity contribution in [2.24, 2.45) is 0 Å². The summed E-state index contributed by atoms with van der Waals surface area (Å²) >= 11 is 3.45. The zero-order chi connectivity index (χ0) is 18.4. The first kappa shape index (κ1) is 16.7. The van der Waals surface area contributed by atoms with Gasteiger partial charge in [-0.15, -0.1) is 0 Å². The third-order valence-corrected chi connectivity index (χ3v) is 5.01. The molecule has 4 rings (SSSR count). The second kappa shape index (κ2) is 6.17. The molecule has 0 aliphatic carbocycles. The van der Waals surface area contributed by atoms with Gasteiger partial charge in [0.1, 0.15) is 5.76 Å². The lowest BCUT2D eigenvalue weighted by Crippen LogP contribution is -2.17. The number of H-pyrrole nitrogens is 1. The van der Waals surface area contributed by atoms with Gasteiger partial charge in [0.05, 0.1) is 30.5 Å². The molecule has 1 aromatic carbocycles. The van der Waals surface area contributed by atoms with Gasteiger partial charge in [-0.1, -0.05) is 15.9 Å². The van der Waals surface area contributed by atoms with Crippen LogP contribution < -0.4 is 5.32 Å². The van der Waals surface area contributed by atoms with E-state index in [0.717, 1.165) is 15.7 Å². The van der Waals surface area contributed by atoms with Crippen LogP contribution in [0.2, 0.25) is 0 Å². The van der Waals surface area contributed by atoms with Gasteiger partial charge in [-0.05, 0) is 42.8 Å². The Morgan fingerprint density at radius 1 is 1.31 bits per heavy atom. The fourth-order valence-electron chi connectivity index (χ4n) is 3.43. The molecular formula is C19H15BrN2O4. The van der Waals surface area contributed by atoms with Gasteiger partial charge in [0.15, 0.2) is 0 Å². The lowest BCUT2D eigenvalue weighted by molar-refractivity contribution is -0.116. The number of carbonyl (C=O) groups is 2. The monoisotopic (exact) mass is 414 g/mol. The molecule has 3 aromatic rings. The minimum absolute atomic E-state index is 0.199. The van der Waals surface area contributed by atoms with E-state index in [1.807, 2.05) is 18.2 Å². The van der Waals surface area contributed by atoms with Crippen molar-refractivity contribution >= 4 is 33.5 Å². The molecule has 26 heavy (non-hydrogen) atoms. The van der Waals surface area contributed by atoms with Crippen LogP contribution in [-0.4, -0.2) is 24.0 Å². The highest BCUT2D eigenvalue weighted by molar-refractivity contribution is 9.10. The van der Waals surface area contributed by atoms with E-state index in [2.05, 4.69) is 26.2 Å². The SMILES string of the molecule is COC(=O)c1c(C)[nH]c(-c2ccco2)c1[C@@H]1C(=O)Nc2ccc(Br)cc21. The van der Waals surface area contributed by atoms with Gasteiger partial charge in [-0.25, -0.2) is 4.79 Å². The highest BCUT2D eigenvalue weighted by Crippen LogP contribution is 2.44. The number of fused-ring (bicyclic) bond motifs is 1. The van der Waals surface area contributed by atoms with Crippen molar-refractivity contribution < 1.29 is 18.7 Å². The summed E-state index contributed by atoms with van der Waals surface area (Å²) < 4.78 is 11.3. The summed E-state index contributed by atoms with van der Waals surface area (Å²) in [7, 11) is 1.32. The normalized spacial score (nSPS) is 15.7. The number of esters is 1. The first-order valence-electron chi connectivity index (χ1n) is 7.96. The van der Waals surface area contributed by atoms with Gasteiger partial charge in [0, 0.05) is 21.4 Å². The number of hydrogen-bond donors (Lipinski definition) is 2. The van der Waals surface area contributed by atoms with E-state index in [1.165, 1.54) is 7.11 Å². The van der Waals surface area contributed by atoms with Gasteiger partial charge in [0.25, 0.3) is 0 Å². The maximum atomic E-state index is 12.8. The molecule has 1 atom stereocenters. The summed E-state index contributed by atoms with van der Waals surface area (Å²) in [6, 6.07) is 9.11. The van der Waals surface area contributed by atoms with Crippen molar-refractivity contribution in [3.8, 4) is 11.5 Å². The molecule has 3 heterocycles. The van der Waals surface area contributed by atoms with Crippen molar-refractivity contribution in [2.75, 3.05) is 12.4 Å². The smallest absolute Gasteiger partial charge is 0.340 e. The van der Waals surface area contributed by atoms with Crippen molar-refractivity contribution in [2.45, 2.75) is 12.8 Å². The Kier molecular flexibility index (Phi) is 3.96. The number of ether oxygens (including phenoxy) is 1. The Labute approximate surface area is 157 Å². The first-order valence-corrected chi connectivity index (χ1v) is 8.75. The Balaban J connectivity index is 2.01. The average Bonchev–Trinajstić information content (AvgIpc) is 3.31. The number of methoxy groups -OCH3 is 1. The molecule has 0 fully saturated rings. The van der Waals surface area contributed by atoms with Crippen LogP contribution >= 0.6 is 15.9 Å². The number of benzene rings is 1. The third kappa shape index (κ3) is 2.47. The predicted molar refractivity (Wildman–Crippen MR) is 99.2 cm³/mol. The molecule has 1 aliphatic rings. The number of hydrogen-bond acceptors (Lipinski definition) is 4. The Morgan fingerprint density at radius 3 is 2.81 bits per heavy atom. The minimum atomic E-state index is -0.651. The van der Waals surface area contributed by atoms with Crippen molar-refractivity contribution in [3.05, 3.63) is 63.5 Å². The largest absolute Gasteiger partial charge is 0.465 e. The Hall–Kier alpha value is -2.80. The zero-order valence-electron chi connectivity index (χ0n) is 14.1. The number of nitrogens with one attached hydrogen (secondary N) is 2. The average molecular weight is 415 g/mol. The van der Waals surface area contributed by atoms with Crippen LogP contribution in [0.25, 0.3) is 11.5 Å². The molecule has 0 spiro atoms. The minimum Gasteiger partial charge on any atom is -0.465 e. The van der Waals surface area contributed by atoms with E-state index in [-0.39, 0.29) is 5.91 Å². The third-order valence-electron chi connectivity index (χ3n) is 4.52. The molecule has 0 saturated carbocycles. The number of rotatable bonds is 3. The van der Waals surface area contributed by atoms with Crippen LogP contribution in [0.3, 0.4) is 0 Å². The van der Waals surface area contributed by atoms with Crippen LogP contribution in [0.5, 0.6) is 0 Å². The molecule has 0 radical (unpaired) electrons. The first-order chi connectivity index (χ1) is 12.5. The molecule has 6 nitrogen and oxygen atoms in total. The van der Waals surface area contributed by atoms with E-state index >= 15 is 0 Å². The fraction of sp³-hybridized carbons (Fsp3) is 0.158. The van der Waals surface area contributed by atoms with Crippen molar-refractivity contribution in [1.82, 2.24) is 4.98 Å². The van der Waals surface area contributed by atoms with Crippen LogP contribution in [0, 0.1) is 6.92 Å². The van der Waals surface area contributed by atoms with E-state index in [1.54, 1.807) is 25.3 Å². The number of furan rings is 1. The van der Waals surface area contributed by atoms with Gasteiger partial charge < -0.3 is 19.5 Å². The number of carbonyl (C=O) groups excluding carboxylic acids is 2. The molecule has 2 aromatic heterocycles. The lowest BCUT2D eigenvalue weighted by atomic mass is 9.88. The number of halogens is 1. The molecule has 0 unspecified atom stereocenters. The van der Waals surface area contributed by atoms with Crippen LogP contribution in [-0.2, 0) is 9.53 Å². The summed E-state index contributed by atoms with van der Waals surface area (Å²) in [5.74, 6) is -0.797. The molecule has 2 N–H and O–H groups in total. The highest BCUT2D eigenvalue weighted by atomic mass is 79.9. The molecular weight excluding hydrogens is 400 g/mol. The molecule has 7 heteroatoms. The number of amides is 1. The van der Waals surface area contributed by atoms with Gasteiger partial charge in [-0.3, -0.25) is 4.79 Å².